The third-order valence-corrected chi connectivity index (χ3v) is 9.87. The van der Waals surface area contributed by atoms with Gasteiger partial charge in [-0.15, -0.1) is 0 Å². The molecule has 0 N–H and O–H groups in total. The summed E-state index contributed by atoms with van der Waals surface area (Å²) >= 11 is 0. The fraction of sp³-hybridized carbons (Fsp3) is 0.179. The summed E-state index contributed by atoms with van der Waals surface area (Å²) in [4.78, 5) is 13.0. The summed E-state index contributed by atoms with van der Waals surface area (Å²) in [5.74, 6) is 0.353. The maximum atomic E-state index is 13.0. The van der Waals surface area contributed by atoms with Crippen LogP contribution < -0.4 is 28.3 Å². The highest BCUT2D eigenvalue weighted by atomic mass is 35.5. The van der Waals surface area contributed by atoms with Crippen LogP contribution in [0.1, 0.15) is 35.5 Å². The molecule has 0 radical (unpaired) electrons. The van der Waals surface area contributed by atoms with Crippen LogP contribution in [0.4, 0.5) is 0 Å². The van der Waals surface area contributed by atoms with E-state index in [9.17, 15) is 4.79 Å². The van der Waals surface area contributed by atoms with Crippen molar-refractivity contribution in [3.05, 3.63) is 114 Å². The molecule has 4 rings (SSSR count). The van der Waals surface area contributed by atoms with Gasteiger partial charge in [-0.2, -0.15) is 0 Å². The number of halogens is 1. The predicted molar refractivity (Wildman–Crippen MR) is 133 cm³/mol. The van der Waals surface area contributed by atoms with Gasteiger partial charge >= 0.3 is 5.97 Å². The van der Waals surface area contributed by atoms with Crippen molar-refractivity contribution in [2.45, 2.75) is 33.0 Å². The zero-order valence-corrected chi connectivity index (χ0v) is 20.7. The van der Waals surface area contributed by atoms with Crippen LogP contribution in [0.5, 0.6) is 0 Å². The molecule has 33 heavy (non-hydrogen) atoms. The summed E-state index contributed by atoms with van der Waals surface area (Å²) in [6.07, 6.45) is 2.07. The second kappa shape index (κ2) is 10.8. The standard InChI is InChI=1S/C28H28O3P.ClH/c1-21(2)31-28(29)27-22(3)19-30-26(27)20-32(23-13-7-4-8-14-23,24-15-9-5-10-16-24)25-17-11-6-12-18-25;/h4-19,21H,20H2,1-3H3;1H/q+1;/p-1. The van der Waals surface area contributed by atoms with Crippen LogP contribution in [-0.4, -0.2) is 12.1 Å². The average Bonchev–Trinajstić information content (AvgIpc) is 3.18. The van der Waals surface area contributed by atoms with E-state index in [0.717, 1.165) is 5.56 Å². The molecule has 0 atom stereocenters. The van der Waals surface area contributed by atoms with E-state index in [0.29, 0.717) is 17.5 Å². The molecule has 0 aliphatic rings. The zero-order valence-electron chi connectivity index (χ0n) is 19.1. The van der Waals surface area contributed by atoms with Crippen LogP contribution in [0.3, 0.4) is 0 Å². The highest BCUT2D eigenvalue weighted by Crippen LogP contribution is 2.58. The van der Waals surface area contributed by atoms with Gasteiger partial charge in [0, 0.05) is 5.56 Å². The number of hydrogen-bond acceptors (Lipinski definition) is 3. The first-order chi connectivity index (χ1) is 15.5. The third-order valence-electron chi connectivity index (χ3n) is 5.57. The summed E-state index contributed by atoms with van der Waals surface area (Å²) in [5.41, 5.74) is 1.35. The van der Waals surface area contributed by atoms with Gasteiger partial charge in [-0.05, 0) is 57.2 Å². The van der Waals surface area contributed by atoms with Gasteiger partial charge in [-0.25, -0.2) is 4.79 Å². The molecular weight excluding hydrogens is 451 g/mol. The SMILES string of the molecule is Cc1coc(C[P+](c2ccccc2)(c2ccccc2)c2ccccc2)c1C(=O)OC(C)C.[Cl-]. The number of esters is 1. The highest BCUT2D eigenvalue weighted by Gasteiger charge is 2.47. The number of carbonyl (C=O) groups excluding carboxylic acids is 1. The number of furan rings is 1. The Bertz CT molecular complexity index is 1080. The molecule has 0 fully saturated rings. The van der Waals surface area contributed by atoms with Crippen molar-refractivity contribution in [3.8, 4) is 0 Å². The molecule has 170 valence electrons. The molecule has 0 amide bonds. The van der Waals surface area contributed by atoms with Crippen LogP contribution in [0.2, 0.25) is 0 Å². The van der Waals surface area contributed by atoms with E-state index < -0.39 is 7.26 Å². The van der Waals surface area contributed by atoms with Gasteiger partial charge in [-0.1, -0.05) is 54.6 Å². The normalized spacial score (nSPS) is 11.2. The molecule has 3 aromatic carbocycles. The van der Waals surface area contributed by atoms with Gasteiger partial charge in [0.2, 0.25) is 0 Å². The fourth-order valence-electron chi connectivity index (χ4n) is 4.15. The molecule has 0 bridgehead atoms. The summed E-state index contributed by atoms with van der Waals surface area (Å²) in [6, 6.07) is 31.7. The zero-order chi connectivity index (χ0) is 22.6. The van der Waals surface area contributed by atoms with Crippen molar-refractivity contribution in [2.75, 3.05) is 0 Å². The Morgan fingerprint density at radius 2 is 1.24 bits per heavy atom. The van der Waals surface area contributed by atoms with Crippen molar-refractivity contribution < 1.29 is 26.4 Å². The molecule has 0 spiro atoms. The Balaban J connectivity index is 0.00000306. The second-order valence-electron chi connectivity index (χ2n) is 8.15. The molecule has 1 heterocycles. The minimum absolute atomic E-state index is 0. The van der Waals surface area contributed by atoms with Crippen molar-refractivity contribution >= 4 is 29.1 Å². The number of carbonyl (C=O) groups is 1. The van der Waals surface area contributed by atoms with E-state index in [1.54, 1.807) is 6.26 Å². The topological polar surface area (TPSA) is 39.4 Å². The lowest BCUT2D eigenvalue weighted by Crippen LogP contribution is -3.00. The lowest BCUT2D eigenvalue weighted by molar-refractivity contribution is -0.0000363. The van der Waals surface area contributed by atoms with E-state index in [-0.39, 0.29) is 24.5 Å². The first-order valence-corrected chi connectivity index (χ1v) is 12.8. The van der Waals surface area contributed by atoms with Crippen LogP contribution >= 0.6 is 7.26 Å². The maximum Gasteiger partial charge on any atom is 0.342 e. The number of aryl methyl sites for hydroxylation is 1. The quantitative estimate of drug-likeness (QED) is 0.303. The predicted octanol–water partition coefficient (Wildman–Crippen LogP) is 2.65. The lowest BCUT2D eigenvalue weighted by atomic mass is 10.2. The van der Waals surface area contributed by atoms with Crippen molar-refractivity contribution in [1.29, 1.82) is 0 Å². The minimum atomic E-state index is -2.16. The Hall–Kier alpha value is -2.87. The minimum Gasteiger partial charge on any atom is -1.00 e. The van der Waals surface area contributed by atoms with E-state index in [4.69, 9.17) is 9.15 Å². The van der Waals surface area contributed by atoms with Crippen LogP contribution in [0.15, 0.2) is 102 Å². The van der Waals surface area contributed by atoms with Gasteiger partial charge in [0.15, 0.2) is 5.76 Å². The maximum absolute atomic E-state index is 13.0. The van der Waals surface area contributed by atoms with Crippen LogP contribution in [0.25, 0.3) is 0 Å². The van der Waals surface area contributed by atoms with Crippen molar-refractivity contribution in [2.24, 2.45) is 0 Å². The number of hydrogen-bond donors (Lipinski definition) is 0. The van der Waals surface area contributed by atoms with E-state index in [2.05, 4.69) is 72.8 Å². The number of benzene rings is 3. The van der Waals surface area contributed by atoms with E-state index >= 15 is 0 Å². The van der Waals surface area contributed by atoms with Crippen molar-refractivity contribution in [1.82, 2.24) is 0 Å². The molecule has 3 nitrogen and oxygen atoms in total. The molecule has 0 aliphatic carbocycles. The molecule has 0 unspecified atom stereocenters. The summed E-state index contributed by atoms with van der Waals surface area (Å²) in [5, 5.41) is 3.74. The Morgan fingerprint density at radius 1 is 0.818 bits per heavy atom. The van der Waals surface area contributed by atoms with Gasteiger partial charge in [0.1, 0.15) is 34.9 Å². The average molecular weight is 479 g/mol. The smallest absolute Gasteiger partial charge is 0.342 e. The Morgan fingerprint density at radius 3 is 1.64 bits per heavy atom. The van der Waals surface area contributed by atoms with Gasteiger partial charge in [-0.3, -0.25) is 0 Å². The molecular formula is C28H28ClO3P. The van der Waals surface area contributed by atoms with Gasteiger partial charge in [0.05, 0.1) is 12.4 Å². The molecule has 1 aromatic heterocycles. The summed E-state index contributed by atoms with van der Waals surface area (Å²) < 4.78 is 11.6. The largest absolute Gasteiger partial charge is 1.00 e. The number of rotatable bonds is 7. The Labute approximate surface area is 202 Å². The van der Waals surface area contributed by atoms with Crippen LogP contribution in [0, 0.1) is 6.92 Å². The van der Waals surface area contributed by atoms with Crippen LogP contribution in [-0.2, 0) is 10.9 Å². The number of ether oxygens (including phenoxy) is 1. The highest BCUT2D eigenvalue weighted by molar-refractivity contribution is 7.95. The molecule has 0 saturated carbocycles. The van der Waals surface area contributed by atoms with E-state index in [1.807, 2.05) is 39.0 Å². The van der Waals surface area contributed by atoms with Gasteiger partial charge < -0.3 is 21.6 Å². The molecule has 0 saturated heterocycles. The fourth-order valence-corrected chi connectivity index (χ4v) is 8.29. The monoisotopic (exact) mass is 478 g/mol. The first-order valence-electron chi connectivity index (χ1n) is 10.8. The first kappa shape index (κ1) is 24.8. The Kier molecular flexibility index (Phi) is 8.13. The van der Waals surface area contributed by atoms with E-state index in [1.165, 1.54) is 15.9 Å². The lowest BCUT2D eigenvalue weighted by Gasteiger charge is -2.27. The van der Waals surface area contributed by atoms with Crippen molar-refractivity contribution in [3.63, 3.8) is 0 Å². The van der Waals surface area contributed by atoms with Gasteiger partial charge in [0.25, 0.3) is 0 Å². The molecule has 4 aromatic rings. The molecule has 0 aliphatic heterocycles. The summed E-state index contributed by atoms with van der Waals surface area (Å²) in [6.45, 7) is 5.63. The summed E-state index contributed by atoms with van der Waals surface area (Å²) in [7, 11) is -2.16. The second-order valence-corrected chi connectivity index (χ2v) is 11.6. The third kappa shape index (κ3) is 5.05. The molecule has 5 heteroatoms.